The van der Waals surface area contributed by atoms with E-state index in [0.717, 1.165) is 0 Å². The first-order valence-corrected chi connectivity index (χ1v) is 6.07. The second-order valence-corrected chi connectivity index (χ2v) is 5.06. The maximum absolute atomic E-state index is 11.9. The van der Waals surface area contributed by atoms with Crippen molar-refractivity contribution in [1.29, 1.82) is 0 Å². The summed E-state index contributed by atoms with van der Waals surface area (Å²) < 4.78 is 4.90. The average Bonchev–Trinajstić information content (AvgIpc) is 2.38. The van der Waals surface area contributed by atoms with Gasteiger partial charge in [-0.25, -0.2) is 4.79 Å². The van der Waals surface area contributed by atoms with Crippen molar-refractivity contribution in [3.8, 4) is 0 Å². The van der Waals surface area contributed by atoms with Crippen molar-refractivity contribution in [3.05, 3.63) is 47.5 Å². The number of benzene rings is 2. The Balaban J connectivity index is 2.19. The van der Waals surface area contributed by atoms with Crippen molar-refractivity contribution in [2.45, 2.75) is 18.4 Å². The highest BCUT2D eigenvalue weighted by Gasteiger charge is 2.43. The van der Waals surface area contributed by atoms with E-state index in [0.29, 0.717) is 12.8 Å². The summed E-state index contributed by atoms with van der Waals surface area (Å²) in [5.41, 5.74) is 5.81. The van der Waals surface area contributed by atoms with Gasteiger partial charge in [0, 0.05) is 12.8 Å². The molecule has 3 N–H and O–H groups in total. The number of hydrogen-bond acceptors (Lipinski definition) is 2. The van der Waals surface area contributed by atoms with Crippen molar-refractivity contribution in [1.82, 2.24) is 0 Å². The lowest BCUT2D eigenvalue weighted by atomic mass is 9.77. The van der Waals surface area contributed by atoms with E-state index in [1.54, 1.807) is 0 Å². The second kappa shape index (κ2) is 3.82. The Labute approximate surface area is 106 Å². The maximum Gasteiger partial charge on any atom is 0.368 e. The van der Waals surface area contributed by atoms with Gasteiger partial charge in [0.25, 0.3) is 0 Å². The fraction of sp³-hybridized carbons (Fsp3) is 0.267. The molecule has 0 spiro atoms. The first-order valence-electron chi connectivity index (χ1n) is 6.07. The fourth-order valence-electron chi connectivity index (χ4n) is 2.95. The maximum atomic E-state index is 11.9. The zero-order valence-electron chi connectivity index (χ0n) is 10.4. The van der Waals surface area contributed by atoms with Gasteiger partial charge in [-0.2, -0.15) is 0 Å². The Kier molecular flexibility index (Phi) is 2.38. The van der Waals surface area contributed by atoms with Crippen LogP contribution in [-0.4, -0.2) is 18.6 Å². The van der Waals surface area contributed by atoms with E-state index in [-0.39, 0.29) is 5.97 Å². The minimum Gasteiger partial charge on any atom is -0.464 e. The number of ether oxygens (including phenoxy) is 1. The van der Waals surface area contributed by atoms with Crippen LogP contribution in [0.3, 0.4) is 0 Å². The van der Waals surface area contributed by atoms with Crippen LogP contribution in [0.1, 0.15) is 11.1 Å². The fourth-order valence-corrected chi connectivity index (χ4v) is 2.95. The molecule has 1 aliphatic carbocycles. The molecule has 0 saturated heterocycles. The highest BCUT2D eigenvalue weighted by molar-refractivity contribution is 5.92. The first-order chi connectivity index (χ1) is 8.64. The van der Waals surface area contributed by atoms with Crippen LogP contribution in [0.25, 0.3) is 10.8 Å². The SMILES string of the molecule is COC(=O)C1([NH3+])Cc2cccc3cccc(c23)C1. The Hall–Kier alpha value is -1.87. The van der Waals surface area contributed by atoms with Crippen LogP contribution in [0.15, 0.2) is 36.4 Å². The molecular formula is C15H16NO2+. The van der Waals surface area contributed by atoms with Crippen LogP contribution in [0.2, 0.25) is 0 Å². The molecule has 1 aliphatic rings. The van der Waals surface area contributed by atoms with Crippen LogP contribution in [0.5, 0.6) is 0 Å². The molecule has 0 amide bonds. The molecule has 0 atom stereocenters. The van der Waals surface area contributed by atoms with Gasteiger partial charge in [0.15, 0.2) is 0 Å². The minimum absolute atomic E-state index is 0.228. The smallest absolute Gasteiger partial charge is 0.368 e. The third kappa shape index (κ3) is 1.51. The van der Waals surface area contributed by atoms with E-state index in [1.807, 2.05) is 12.1 Å². The molecule has 0 unspecified atom stereocenters. The van der Waals surface area contributed by atoms with E-state index in [1.165, 1.54) is 29.0 Å². The first kappa shape index (κ1) is 11.2. The van der Waals surface area contributed by atoms with E-state index in [4.69, 9.17) is 4.74 Å². The van der Waals surface area contributed by atoms with E-state index in [2.05, 4.69) is 30.0 Å². The summed E-state index contributed by atoms with van der Waals surface area (Å²) in [6.45, 7) is 0. The summed E-state index contributed by atoms with van der Waals surface area (Å²) in [5, 5.41) is 2.51. The molecule has 3 rings (SSSR count). The molecule has 2 aromatic rings. The molecule has 0 aliphatic heterocycles. The molecule has 0 saturated carbocycles. The Morgan fingerprint density at radius 2 is 1.72 bits per heavy atom. The molecule has 0 heterocycles. The summed E-state index contributed by atoms with van der Waals surface area (Å²) >= 11 is 0. The van der Waals surface area contributed by atoms with Crippen molar-refractivity contribution in [2.75, 3.05) is 7.11 Å². The molecule has 0 bridgehead atoms. The molecular weight excluding hydrogens is 226 g/mol. The topological polar surface area (TPSA) is 53.9 Å². The lowest BCUT2D eigenvalue weighted by Gasteiger charge is -2.29. The summed E-state index contributed by atoms with van der Waals surface area (Å²) in [6.07, 6.45) is 1.29. The van der Waals surface area contributed by atoms with Crippen molar-refractivity contribution < 1.29 is 15.3 Å². The Bertz CT molecular complexity index is 593. The number of quaternary nitrogens is 1. The summed E-state index contributed by atoms with van der Waals surface area (Å²) in [5.74, 6) is -0.228. The van der Waals surface area contributed by atoms with Gasteiger partial charge < -0.3 is 10.5 Å². The molecule has 18 heavy (non-hydrogen) atoms. The second-order valence-electron chi connectivity index (χ2n) is 5.06. The van der Waals surface area contributed by atoms with E-state index < -0.39 is 5.54 Å². The highest BCUT2D eigenvalue weighted by Crippen LogP contribution is 2.32. The number of methoxy groups -OCH3 is 1. The summed E-state index contributed by atoms with van der Waals surface area (Å²) in [4.78, 5) is 11.9. The van der Waals surface area contributed by atoms with Gasteiger partial charge in [0.1, 0.15) is 0 Å². The predicted octanol–water partition coefficient (Wildman–Crippen LogP) is 1.09. The molecule has 3 nitrogen and oxygen atoms in total. The minimum atomic E-state index is -0.683. The van der Waals surface area contributed by atoms with Gasteiger partial charge >= 0.3 is 5.97 Å². The number of carbonyl (C=O) groups is 1. The van der Waals surface area contributed by atoms with Crippen LogP contribution >= 0.6 is 0 Å². The van der Waals surface area contributed by atoms with E-state index >= 15 is 0 Å². The molecule has 0 aromatic heterocycles. The lowest BCUT2D eigenvalue weighted by molar-refractivity contribution is -0.462. The molecule has 0 radical (unpaired) electrons. The van der Waals surface area contributed by atoms with Crippen molar-refractivity contribution in [2.24, 2.45) is 0 Å². The van der Waals surface area contributed by atoms with Crippen molar-refractivity contribution in [3.63, 3.8) is 0 Å². The van der Waals surface area contributed by atoms with Crippen LogP contribution in [0, 0.1) is 0 Å². The summed E-state index contributed by atoms with van der Waals surface area (Å²) in [7, 11) is 1.43. The standard InChI is InChI=1S/C15H15NO2/c1-18-14(17)15(16)8-11-6-2-4-10-5-3-7-12(9-15)13(10)11/h2-7H,8-9,16H2,1H3/p+1. The monoisotopic (exact) mass is 242 g/mol. The number of hydrogen-bond donors (Lipinski definition) is 1. The van der Waals surface area contributed by atoms with Crippen LogP contribution in [-0.2, 0) is 22.4 Å². The average molecular weight is 242 g/mol. The third-order valence-electron chi connectivity index (χ3n) is 3.75. The normalized spacial score (nSPS) is 16.6. The largest absolute Gasteiger partial charge is 0.464 e. The number of carbonyl (C=O) groups excluding carboxylic acids is 1. The number of rotatable bonds is 1. The van der Waals surface area contributed by atoms with Gasteiger partial charge in [-0.05, 0) is 21.9 Å². The molecule has 3 heteroatoms. The van der Waals surface area contributed by atoms with Crippen LogP contribution in [0.4, 0.5) is 0 Å². The van der Waals surface area contributed by atoms with Gasteiger partial charge in [0.05, 0.1) is 7.11 Å². The number of esters is 1. The third-order valence-corrected chi connectivity index (χ3v) is 3.75. The molecule has 2 aromatic carbocycles. The Morgan fingerprint density at radius 1 is 1.17 bits per heavy atom. The zero-order chi connectivity index (χ0) is 12.8. The summed E-state index contributed by atoms with van der Waals surface area (Å²) in [6, 6.07) is 12.4. The van der Waals surface area contributed by atoms with Gasteiger partial charge in [0.2, 0.25) is 5.54 Å². The lowest BCUT2D eigenvalue weighted by Crippen LogP contribution is -2.79. The Morgan fingerprint density at radius 3 is 2.22 bits per heavy atom. The van der Waals surface area contributed by atoms with E-state index in [9.17, 15) is 4.79 Å². The zero-order valence-corrected chi connectivity index (χ0v) is 10.4. The quantitative estimate of drug-likeness (QED) is 0.761. The van der Waals surface area contributed by atoms with Crippen LogP contribution < -0.4 is 5.73 Å². The van der Waals surface area contributed by atoms with Gasteiger partial charge in [-0.1, -0.05) is 36.4 Å². The van der Waals surface area contributed by atoms with Gasteiger partial charge in [-0.3, -0.25) is 0 Å². The molecule has 0 fully saturated rings. The van der Waals surface area contributed by atoms with Crippen molar-refractivity contribution >= 4 is 16.7 Å². The molecule has 92 valence electrons. The highest BCUT2D eigenvalue weighted by atomic mass is 16.5. The predicted molar refractivity (Wildman–Crippen MR) is 69.0 cm³/mol. The van der Waals surface area contributed by atoms with Gasteiger partial charge in [-0.15, -0.1) is 0 Å².